The molecule has 5 rings (SSSR count). The van der Waals surface area contributed by atoms with Crippen molar-refractivity contribution in [3.63, 3.8) is 0 Å². The van der Waals surface area contributed by atoms with Crippen LogP contribution in [0, 0.1) is 0 Å². The molecule has 1 aliphatic carbocycles. The molecule has 7 nitrogen and oxygen atoms in total. The highest BCUT2D eigenvalue weighted by molar-refractivity contribution is 6.22. The Bertz CT molecular complexity index is 1300. The Kier molecular flexibility index (Phi) is 5.84. The summed E-state index contributed by atoms with van der Waals surface area (Å²) in [6.45, 7) is -0.472. The van der Waals surface area contributed by atoms with E-state index in [1.165, 1.54) is 23.1 Å². The van der Waals surface area contributed by atoms with E-state index in [2.05, 4.69) is 5.32 Å². The van der Waals surface area contributed by atoms with Crippen LogP contribution in [-0.4, -0.2) is 41.2 Å². The van der Waals surface area contributed by atoms with Gasteiger partial charge in [-0.15, -0.1) is 0 Å². The number of esters is 1. The molecule has 34 heavy (non-hydrogen) atoms. The molecule has 0 bridgehead atoms. The average molecular weight is 456 g/mol. The summed E-state index contributed by atoms with van der Waals surface area (Å²) in [6, 6.07) is 17.5. The molecular weight excluding hydrogens is 432 g/mol. The summed E-state index contributed by atoms with van der Waals surface area (Å²) in [7, 11) is 0. The molecule has 0 aromatic heterocycles. The van der Waals surface area contributed by atoms with Gasteiger partial charge in [-0.3, -0.25) is 19.3 Å². The van der Waals surface area contributed by atoms with Gasteiger partial charge in [0, 0.05) is 17.1 Å². The lowest BCUT2D eigenvalue weighted by atomic mass is 9.94. The monoisotopic (exact) mass is 456 g/mol. The van der Waals surface area contributed by atoms with Crippen LogP contribution in [0.5, 0.6) is 0 Å². The van der Waals surface area contributed by atoms with Gasteiger partial charge in [0.05, 0.1) is 16.7 Å². The van der Waals surface area contributed by atoms with Gasteiger partial charge < -0.3 is 10.1 Å². The molecule has 0 unspecified atom stereocenters. The number of anilines is 1. The van der Waals surface area contributed by atoms with Crippen LogP contribution in [-0.2, 0) is 9.53 Å². The lowest BCUT2D eigenvalue weighted by Crippen LogP contribution is -2.40. The minimum atomic E-state index is -0.729. The van der Waals surface area contributed by atoms with E-state index in [0.717, 1.165) is 42.9 Å². The molecule has 0 spiro atoms. The number of carbonyl (C=O) groups excluding carboxylic acids is 4. The quantitative estimate of drug-likeness (QED) is 0.449. The van der Waals surface area contributed by atoms with Crippen LogP contribution in [0.25, 0.3) is 10.8 Å². The average Bonchev–Trinajstić information content (AvgIpc) is 3.12. The third-order valence-electron chi connectivity index (χ3n) is 6.49. The molecule has 1 heterocycles. The lowest BCUT2D eigenvalue weighted by Gasteiger charge is -2.29. The fraction of sp³-hybridized carbons (Fsp3) is 0.259. The molecule has 1 N–H and O–H groups in total. The molecule has 2 aliphatic rings. The maximum atomic E-state index is 12.9. The zero-order valence-electron chi connectivity index (χ0n) is 18.6. The number of nitrogens with zero attached hydrogens (tertiary/aromatic N) is 1. The van der Waals surface area contributed by atoms with Crippen molar-refractivity contribution in [3.05, 3.63) is 77.4 Å². The van der Waals surface area contributed by atoms with Crippen molar-refractivity contribution >= 4 is 40.2 Å². The van der Waals surface area contributed by atoms with Crippen molar-refractivity contribution in [2.45, 2.75) is 38.1 Å². The van der Waals surface area contributed by atoms with Crippen molar-refractivity contribution in [1.29, 1.82) is 0 Å². The number of fused-ring (bicyclic) bond motifs is 2. The molecule has 0 radical (unpaired) electrons. The molecule has 0 saturated heterocycles. The molecule has 3 amide bonds. The molecule has 1 fully saturated rings. The van der Waals surface area contributed by atoms with Crippen LogP contribution < -0.4 is 5.32 Å². The number of imide groups is 1. The number of amides is 3. The third kappa shape index (κ3) is 4.05. The Morgan fingerprint density at radius 2 is 1.62 bits per heavy atom. The second-order valence-corrected chi connectivity index (χ2v) is 8.68. The number of nitrogens with one attached hydrogen (secondary N) is 1. The summed E-state index contributed by atoms with van der Waals surface area (Å²) in [6.07, 6.45) is 4.73. The standard InChI is InChI=1S/C27H24N2O5/c30-24(28-23-12-6-8-17-7-4-5-11-20(17)23)16-34-27(33)18-13-14-21-22(15-18)26(32)29(25(21)31)19-9-2-1-3-10-19/h4-8,11-15,19H,1-3,9-10,16H2,(H,28,30). The van der Waals surface area contributed by atoms with Gasteiger partial charge in [-0.2, -0.15) is 0 Å². The van der Waals surface area contributed by atoms with E-state index < -0.39 is 18.5 Å². The number of rotatable bonds is 5. The number of ether oxygens (including phenoxy) is 1. The summed E-state index contributed by atoms with van der Waals surface area (Å²) >= 11 is 0. The first-order valence-electron chi connectivity index (χ1n) is 11.5. The van der Waals surface area contributed by atoms with E-state index in [1.54, 1.807) is 6.07 Å². The van der Waals surface area contributed by atoms with Gasteiger partial charge in [0.2, 0.25) is 0 Å². The highest BCUT2D eigenvalue weighted by Crippen LogP contribution is 2.31. The number of hydrogen-bond acceptors (Lipinski definition) is 5. The van der Waals surface area contributed by atoms with Crippen LogP contribution in [0.4, 0.5) is 5.69 Å². The molecule has 172 valence electrons. The SMILES string of the molecule is O=C(COC(=O)c1ccc2c(c1)C(=O)N(C1CCCCC1)C2=O)Nc1cccc2ccccc12. The Labute approximate surface area is 196 Å². The first-order chi connectivity index (χ1) is 16.5. The van der Waals surface area contributed by atoms with E-state index in [-0.39, 0.29) is 29.0 Å². The normalized spacial score (nSPS) is 15.9. The van der Waals surface area contributed by atoms with Gasteiger partial charge in [-0.05, 0) is 42.5 Å². The molecular formula is C27H24N2O5. The molecule has 3 aromatic carbocycles. The summed E-state index contributed by atoms with van der Waals surface area (Å²) in [5.74, 6) is -1.87. The zero-order chi connectivity index (χ0) is 23.7. The van der Waals surface area contributed by atoms with Gasteiger partial charge in [-0.1, -0.05) is 55.7 Å². The van der Waals surface area contributed by atoms with Gasteiger partial charge in [0.15, 0.2) is 6.61 Å². The van der Waals surface area contributed by atoms with Gasteiger partial charge in [0.25, 0.3) is 17.7 Å². The maximum absolute atomic E-state index is 12.9. The fourth-order valence-electron chi connectivity index (χ4n) is 4.79. The summed E-state index contributed by atoms with van der Waals surface area (Å²) in [5.41, 5.74) is 1.28. The van der Waals surface area contributed by atoms with Crippen LogP contribution in [0.1, 0.15) is 63.2 Å². The highest BCUT2D eigenvalue weighted by Gasteiger charge is 2.40. The number of benzene rings is 3. The van der Waals surface area contributed by atoms with Gasteiger partial charge >= 0.3 is 5.97 Å². The maximum Gasteiger partial charge on any atom is 0.338 e. The third-order valence-corrected chi connectivity index (χ3v) is 6.49. The Morgan fingerprint density at radius 1 is 0.882 bits per heavy atom. The smallest absolute Gasteiger partial charge is 0.338 e. The Balaban J connectivity index is 1.25. The van der Waals surface area contributed by atoms with Gasteiger partial charge in [0.1, 0.15) is 0 Å². The van der Waals surface area contributed by atoms with Crippen LogP contribution in [0.15, 0.2) is 60.7 Å². The lowest BCUT2D eigenvalue weighted by molar-refractivity contribution is -0.119. The van der Waals surface area contributed by atoms with Crippen molar-refractivity contribution in [3.8, 4) is 0 Å². The minimum Gasteiger partial charge on any atom is -0.452 e. The zero-order valence-corrected chi connectivity index (χ0v) is 18.6. The fourth-order valence-corrected chi connectivity index (χ4v) is 4.79. The Morgan fingerprint density at radius 3 is 2.44 bits per heavy atom. The number of carbonyl (C=O) groups is 4. The second kappa shape index (κ2) is 9.09. The molecule has 0 atom stereocenters. The van der Waals surface area contributed by atoms with Crippen LogP contribution in [0.3, 0.4) is 0 Å². The predicted molar refractivity (Wildman–Crippen MR) is 127 cm³/mol. The molecule has 3 aromatic rings. The minimum absolute atomic E-state index is 0.0886. The van der Waals surface area contributed by atoms with Crippen LogP contribution in [0.2, 0.25) is 0 Å². The van der Waals surface area contributed by atoms with Crippen molar-refractivity contribution in [2.24, 2.45) is 0 Å². The topological polar surface area (TPSA) is 92.8 Å². The largest absolute Gasteiger partial charge is 0.452 e. The van der Waals surface area contributed by atoms with E-state index >= 15 is 0 Å². The summed E-state index contributed by atoms with van der Waals surface area (Å²) in [4.78, 5) is 52.1. The first kappa shape index (κ1) is 21.8. The predicted octanol–water partition coefficient (Wildman–Crippen LogP) is 4.56. The first-order valence-corrected chi connectivity index (χ1v) is 11.5. The summed E-state index contributed by atoms with van der Waals surface area (Å²) in [5, 5.41) is 4.63. The molecule has 7 heteroatoms. The number of hydrogen-bond donors (Lipinski definition) is 1. The molecule has 1 aliphatic heterocycles. The summed E-state index contributed by atoms with van der Waals surface area (Å²) < 4.78 is 5.18. The van der Waals surface area contributed by atoms with Crippen molar-refractivity contribution in [2.75, 3.05) is 11.9 Å². The van der Waals surface area contributed by atoms with E-state index in [0.29, 0.717) is 11.3 Å². The molecule has 1 saturated carbocycles. The van der Waals surface area contributed by atoms with E-state index in [1.807, 2.05) is 36.4 Å². The van der Waals surface area contributed by atoms with Crippen LogP contribution >= 0.6 is 0 Å². The van der Waals surface area contributed by atoms with Crippen molar-refractivity contribution < 1.29 is 23.9 Å². The van der Waals surface area contributed by atoms with Crippen molar-refractivity contribution in [1.82, 2.24) is 4.90 Å². The van der Waals surface area contributed by atoms with Gasteiger partial charge in [-0.25, -0.2) is 4.79 Å². The Hall–Kier alpha value is -4.00. The highest BCUT2D eigenvalue weighted by atomic mass is 16.5. The van der Waals surface area contributed by atoms with E-state index in [4.69, 9.17) is 4.74 Å². The second-order valence-electron chi connectivity index (χ2n) is 8.68. The van der Waals surface area contributed by atoms with E-state index in [9.17, 15) is 19.2 Å².